The summed E-state index contributed by atoms with van der Waals surface area (Å²) in [4.78, 5) is 13.9. The van der Waals surface area contributed by atoms with Gasteiger partial charge in [-0.25, -0.2) is 0 Å². The smallest absolute Gasteiger partial charge is 0.243 e. The van der Waals surface area contributed by atoms with E-state index in [0.29, 0.717) is 19.4 Å². The first kappa shape index (κ1) is 11.8. The number of hydrogen-bond donors (Lipinski definition) is 0. The van der Waals surface area contributed by atoms with E-state index in [9.17, 15) is 4.79 Å². The molecular formula is C12H18N2O. The molecule has 0 spiro atoms. The zero-order valence-electron chi connectivity index (χ0n) is 9.49. The lowest BCUT2D eigenvalue weighted by atomic mass is 9.69. The van der Waals surface area contributed by atoms with Crippen LogP contribution in [0.15, 0.2) is 12.7 Å². The summed E-state index contributed by atoms with van der Waals surface area (Å²) in [5.74, 6) is -0.0221. The second-order valence-electron chi connectivity index (χ2n) is 4.39. The van der Waals surface area contributed by atoms with Crippen molar-refractivity contribution in [1.82, 2.24) is 4.90 Å². The van der Waals surface area contributed by atoms with Crippen LogP contribution in [0.2, 0.25) is 0 Å². The monoisotopic (exact) mass is 206 g/mol. The Morgan fingerprint density at radius 2 is 2.27 bits per heavy atom. The van der Waals surface area contributed by atoms with E-state index in [4.69, 9.17) is 5.26 Å². The molecule has 1 fully saturated rings. The number of hydrogen-bond acceptors (Lipinski definition) is 2. The summed E-state index contributed by atoms with van der Waals surface area (Å²) in [7, 11) is 0. The number of rotatable bonds is 4. The number of nitrogens with zero attached hydrogens (tertiary/aromatic N) is 2. The van der Waals surface area contributed by atoms with Crippen molar-refractivity contribution < 1.29 is 4.79 Å². The lowest BCUT2D eigenvalue weighted by Crippen LogP contribution is -2.49. The van der Waals surface area contributed by atoms with Crippen LogP contribution in [0.5, 0.6) is 0 Å². The zero-order chi connectivity index (χ0) is 11.5. The Hall–Kier alpha value is -1.30. The molecule has 0 unspecified atom stereocenters. The van der Waals surface area contributed by atoms with Gasteiger partial charge < -0.3 is 4.90 Å². The summed E-state index contributed by atoms with van der Waals surface area (Å²) in [6.45, 7) is 8.09. The van der Waals surface area contributed by atoms with Gasteiger partial charge in [0, 0.05) is 12.6 Å². The van der Waals surface area contributed by atoms with Crippen molar-refractivity contribution in [3.63, 3.8) is 0 Å². The lowest BCUT2D eigenvalue weighted by molar-refractivity contribution is -0.144. The SMILES string of the molecule is C=CCN(C(=O)C1(C#N)CCC1)C(C)C. The molecule has 82 valence electrons. The van der Waals surface area contributed by atoms with E-state index < -0.39 is 5.41 Å². The molecule has 0 radical (unpaired) electrons. The molecule has 0 N–H and O–H groups in total. The molecule has 0 atom stereocenters. The van der Waals surface area contributed by atoms with Crippen LogP contribution in [0.1, 0.15) is 33.1 Å². The van der Waals surface area contributed by atoms with Crippen LogP contribution >= 0.6 is 0 Å². The van der Waals surface area contributed by atoms with Crippen molar-refractivity contribution >= 4 is 5.91 Å². The molecule has 1 rings (SSSR count). The van der Waals surface area contributed by atoms with Gasteiger partial charge in [-0.15, -0.1) is 6.58 Å². The molecule has 1 aliphatic carbocycles. The Labute approximate surface area is 91.4 Å². The van der Waals surface area contributed by atoms with Gasteiger partial charge in [-0.05, 0) is 33.1 Å². The largest absolute Gasteiger partial charge is 0.335 e. The molecule has 0 aromatic carbocycles. The van der Waals surface area contributed by atoms with Crippen molar-refractivity contribution in [3.05, 3.63) is 12.7 Å². The summed E-state index contributed by atoms with van der Waals surface area (Å²) in [5, 5.41) is 9.08. The summed E-state index contributed by atoms with van der Waals surface area (Å²) >= 11 is 0. The Kier molecular flexibility index (Phi) is 3.52. The van der Waals surface area contributed by atoms with Crippen LogP contribution in [0.25, 0.3) is 0 Å². The Morgan fingerprint density at radius 1 is 1.67 bits per heavy atom. The normalized spacial score (nSPS) is 17.7. The first-order chi connectivity index (χ1) is 7.07. The average molecular weight is 206 g/mol. The summed E-state index contributed by atoms with van der Waals surface area (Å²) in [6.07, 6.45) is 4.12. The van der Waals surface area contributed by atoms with E-state index >= 15 is 0 Å². The molecule has 0 heterocycles. The van der Waals surface area contributed by atoms with Gasteiger partial charge in [0.25, 0.3) is 0 Å². The molecule has 0 aromatic heterocycles. The molecule has 15 heavy (non-hydrogen) atoms. The minimum Gasteiger partial charge on any atom is -0.335 e. The highest BCUT2D eigenvalue weighted by atomic mass is 16.2. The third-order valence-electron chi connectivity index (χ3n) is 3.04. The second-order valence-corrected chi connectivity index (χ2v) is 4.39. The zero-order valence-corrected chi connectivity index (χ0v) is 9.49. The van der Waals surface area contributed by atoms with Crippen LogP contribution in [-0.2, 0) is 4.79 Å². The van der Waals surface area contributed by atoms with Gasteiger partial charge >= 0.3 is 0 Å². The number of nitriles is 1. The van der Waals surface area contributed by atoms with Gasteiger partial charge in [-0.2, -0.15) is 5.26 Å². The molecule has 3 heteroatoms. The maximum Gasteiger partial charge on any atom is 0.243 e. The molecule has 1 aliphatic rings. The van der Waals surface area contributed by atoms with E-state index in [1.54, 1.807) is 11.0 Å². The molecule has 0 saturated heterocycles. The van der Waals surface area contributed by atoms with Gasteiger partial charge in [0.1, 0.15) is 5.41 Å². The van der Waals surface area contributed by atoms with Crippen molar-refractivity contribution in [2.75, 3.05) is 6.54 Å². The van der Waals surface area contributed by atoms with Crippen LogP contribution in [0.3, 0.4) is 0 Å². The second kappa shape index (κ2) is 4.48. The summed E-state index contributed by atoms with van der Waals surface area (Å²) in [5.41, 5.74) is -0.729. The molecule has 0 bridgehead atoms. The molecule has 0 aliphatic heterocycles. The van der Waals surface area contributed by atoms with E-state index in [-0.39, 0.29) is 11.9 Å². The van der Waals surface area contributed by atoms with Crippen LogP contribution < -0.4 is 0 Å². The van der Waals surface area contributed by atoms with E-state index in [1.165, 1.54) is 0 Å². The summed E-state index contributed by atoms with van der Waals surface area (Å²) in [6, 6.07) is 2.31. The third-order valence-corrected chi connectivity index (χ3v) is 3.04. The molecule has 1 amide bonds. The van der Waals surface area contributed by atoms with Gasteiger partial charge in [0.2, 0.25) is 5.91 Å². The summed E-state index contributed by atoms with van der Waals surface area (Å²) < 4.78 is 0. The van der Waals surface area contributed by atoms with E-state index in [1.807, 2.05) is 13.8 Å². The standard InChI is InChI=1S/C12H18N2O/c1-4-8-14(10(2)3)11(15)12(9-13)6-5-7-12/h4,10H,1,5-8H2,2-3H3. The van der Waals surface area contributed by atoms with Gasteiger partial charge in [0.05, 0.1) is 6.07 Å². The lowest BCUT2D eigenvalue weighted by Gasteiger charge is -2.39. The van der Waals surface area contributed by atoms with Crippen LogP contribution in [0, 0.1) is 16.7 Å². The average Bonchev–Trinajstić information content (AvgIpc) is 2.12. The molecule has 3 nitrogen and oxygen atoms in total. The molecule has 1 saturated carbocycles. The first-order valence-electron chi connectivity index (χ1n) is 5.40. The van der Waals surface area contributed by atoms with Gasteiger partial charge in [0.15, 0.2) is 0 Å². The first-order valence-corrected chi connectivity index (χ1v) is 5.40. The number of carbonyl (C=O) groups excluding carboxylic acids is 1. The Bertz CT molecular complexity index is 297. The fraction of sp³-hybridized carbons (Fsp3) is 0.667. The van der Waals surface area contributed by atoms with Crippen molar-refractivity contribution in [1.29, 1.82) is 5.26 Å². The quantitative estimate of drug-likeness (QED) is 0.661. The van der Waals surface area contributed by atoms with Crippen LogP contribution in [0.4, 0.5) is 0 Å². The highest BCUT2D eigenvalue weighted by Crippen LogP contribution is 2.42. The van der Waals surface area contributed by atoms with E-state index in [2.05, 4.69) is 12.6 Å². The Balaban J connectivity index is 2.80. The molecule has 0 aromatic rings. The van der Waals surface area contributed by atoms with Crippen molar-refractivity contribution in [3.8, 4) is 6.07 Å². The van der Waals surface area contributed by atoms with Crippen LogP contribution in [-0.4, -0.2) is 23.4 Å². The predicted molar refractivity (Wildman–Crippen MR) is 58.9 cm³/mol. The third kappa shape index (κ3) is 2.04. The van der Waals surface area contributed by atoms with Gasteiger partial charge in [-0.3, -0.25) is 4.79 Å². The number of amides is 1. The fourth-order valence-electron chi connectivity index (χ4n) is 1.85. The topological polar surface area (TPSA) is 44.1 Å². The van der Waals surface area contributed by atoms with Crippen molar-refractivity contribution in [2.24, 2.45) is 5.41 Å². The minimum atomic E-state index is -0.729. The van der Waals surface area contributed by atoms with Crippen molar-refractivity contribution in [2.45, 2.75) is 39.2 Å². The predicted octanol–water partition coefficient (Wildman–Crippen LogP) is 2.10. The number of carbonyl (C=O) groups is 1. The highest BCUT2D eigenvalue weighted by Gasteiger charge is 2.47. The highest BCUT2D eigenvalue weighted by molar-refractivity contribution is 5.86. The van der Waals surface area contributed by atoms with E-state index in [0.717, 1.165) is 6.42 Å². The maximum absolute atomic E-state index is 12.2. The fourth-order valence-corrected chi connectivity index (χ4v) is 1.85. The minimum absolute atomic E-state index is 0.0221. The molecular weight excluding hydrogens is 188 g/mol. The van der Waals surface area contributed by atoms with Gasteiger partial charge in [-0.1, -0.05) is 6.08 Å². The maximum atomic E-state index is 12.2. The Morgan fingerprint density at radius 3 is 2.53 bits per heavy atom.